The molecule has 1 aliphatic heterocycles. The van der Waals surface area contributed by atoms with Gasteiger partial charge in [-0.3, -0.25) is 14.9 Å². The summed E-state index contributed by atoms with van der Waals surface area (Å²) in [5.74, 6) is -0.480. The third-order valence-corrected chi connectivity index (χ3v) is 5.10. The maximum Gasteiger partial charge on any atom is 0.161 e. The Morgan fingerprint density at radius 1 is 1.29 bits per heavy atom. The maximum absolute atomic E-state index is 12.6. The molecule has 1 N–H and O–H groups in total. The number of rotatable bonds is 1. The lowest BCUT2D eigenvalue weighted by Gasteiger charge is -2.32. The number of allylic oxidation sites excluding steroid dienone is 2. The Bertz CT molecular complexity index is 957. The lowest BCUT2D eigenvalue weighted by molar-refractivity contribution is -0.116. The predicted molar refractivity (Wildman–Crippen MR) is 91.7 cm³/mol. The third kappa shape index (κ3) is 2.10. The summed E-state index contributed by atoms with van der Waals surface area (Å²) < 4.78 is 0. The highest BCUT2D eigenvalue weighted by Gasteiger charge is 2.39. The molecular weight excluding hydrogens is 300 g/mol. The molecular formula is C19H18N4O. The summed E-state index contributed by atoms with van der Waals surface area (Å²) in [4.78, 5) is 17.2. The number of Topliss-reactive ketones (excluding diaryl/α,β-unsaturated/α-hetero) is 1. The molecule has 2 atom stereocenters. The number of fused-ring (bicyclic) bond motifs is 1. The maximum atomic E-state index is 12.6. The number of hydrogen-bond acceptors (Lipinski definition) is 4. The first-order chi connectivity index (χ1) is 11.6. The van der Waals surface area contributed by atoms with E-state index in [0.717, 1.165) is 52.0 Å². The van der Waals surface area contributed by atoms with Crippen LogP contribution in [0.2, 0.25) is 0 Å². The van der Waals surface area contributed by atoms with Crippen molar-refractivity contribution in [2.24, 2.45) is 10.9 Å². The van der Waals surface area contributed by atoms with E-state index in [0.29, 0.717) is 6.42 Å². The van der Waals surface area contributed by atoms with E-state index in [2.05, 4.69) is 27.3 Å². The van der Waals surface area contributed by atoms with Gasteiger partial charge in [-0.25, -0.2) is 0 Å². The topological polar surface area (TPSA) is 81.9 Å². The first kappa shape index (κ1) is 14.8. The molecule has 0 spiro atoms. The van der Waals surface area contributed by atoms with E-state index in [1.165, 1.54) is 0 Å². The van der Waals surface area contributed by atoms with Gasteiger partial charge in [-0.05, 0) is 44.4 Å². The van der Waals surface area contributed by atoms with Crippen LogP contribution in [0.25, 0.3) is 10.9 Å². The van der Waals surface area contributed by atoms with Crippen LogP contribution in [0.3, 0.4) is 0 Å². The zero-order valence-electron chi connectivity index (χ0n) is 13.8. The lowest BCUT2D eigenvalue weighted by Crippen LogP contribution is -2.30. The van der Waals surface area contributed by atoms with Crippen molar-refractivity contribution in [3.05, 3.63) is 40.7 Å². The number of carbonyl (C=O) groups excluding carboxylic acids is 1. The van der Waals surface area contributed by atoms with Gasteiger partial charge in [0.1, 0.15) is 0 Å². The smallest absolute Gasteiger partial charge is 0.161 e. The molecule has 0 bridgehead atoms. The van der Waals surface area contributed by atoms with Crippen LogP contribution in [0.5, 0.6) is 0 Å². The lowest BCUT2D eigenvalue weighted by atomic mass is 9.72. The number of aromatic amines is 1. The van der Waals surface area contributed by atoms with E-state index in [1.54, 1.807) is 0 Å². The van der Waals surface area contributed by atoms with Crippen LogP contribution in [0, 0.1) is 24.2 Å². The Hall–Kier alpha value is -2.74. The predicted octanol–water partition coefficient (Wildman–Crippen LogP) is 3.58. The molecule has 4 rings (SSSR count). The summed E-state index contributed by atoms with van der Waals surface area (Å²) in [6.07, 6.45) is 2.22. The molecule has 1 aromatic carbocycles. The number of benzene rings is 1. The van der Waals surface area contributed by atoms with Crippen molar-refractivity contribution in [1.82, 2.24) is 10.2 Å². The molecule has 2 aromatic rings. The van der Waals surface area contributed by atoms with Crippen LogP contribution in [0.1, 0.15) is 43.4 Å². The number of nitrogens with one attached hydrogen (secondary N) is 1. The molecule has 0 radical (unpaired) electrons. The zero-order chi connectivity index (χ0) is 16.8. The minimum Gasteiger partial charge on any atom is -0.294 e. The van der Waals surface area contributed by atoms with Gasteiger partial charge in [0.05, 0.1) is 17.5 Å². The van der Waals surface area contributed by atoms with Crippen LogP contribution in [-0.2, 0) is 4.79 Å². The molecule has 0 saturated carbocycles. The Labute approximate surface area is 140 Å². The van der Waals surface area contributed by atoms with Crippen molar-refractivity contribution in [3.63, 3.8) is 0 Å². The largest absolute Gasteiger partial charge is 0.294 e. The Morgan fingerprint density at radius 2 is 2.12 bits per heavy atom. The highest BCUT2D eigenvalue weighted by atomic mass is 16.1. The van der Waals surface area contributed by atoms with Gasteiger partial charge >= 0.3 is 0 Å². The Morgan fingerprint density at radius 3 is 2.92 bits per heavy atom. The second-order valence-electron chi connectivity index (χ2n) is 6.60. The third-order valence-electron chi connectivity index (χ3n) is 5.10. The number of aromatic nitrogens is 2. The SMILES string of the molecule is CC1=NC2=C(C(=O)CCC2)C(c2ccc3n[nH]c(C)c3c2)C1C#N. The first-order valence-corrected chi connectivity index (χ1v) is 8.26. The van der Waals surface area contributed by atoms with Gasteiger partial charge < -0.3 is 0 Å². The average molecular weight is 318 g/mol. The average Bonchev–Trinajstić information content (AvgIpc) is 2.94. The number of H-pyrrole nitrogens is 1. The molecule has 5 heteroatoms. The fourth-order valence-electron chi connectivity index (χ4n) is 3.88. The van der Waals surface area contributed by atoms with Gasteiger partial charge in [0.15, 0.2) is 5.78 Å². The minimum atomic E-state index is -0.393. The summed E-state index contributed by atoms with van der Waals surface area (Å²) >= 11 is 0. The van der Waals surface area contributed by atoms with Crippen LogP contribution in [0.15, 0.2) is 34.5 Å². The number of ketones is 1. The van der Waals surface area contributed by atoms with Gasteiger partial charge in [0.2, 0.25) is 0 Å². The van der Waals surface area contributed by atoms with E-state index in [1.807, 2.05) is 26.0 Å². The van der Waals surface area contributed by atoms with E-state index in [9.17, 15) is 10.1 Å². The molecule has 0 fully saturated rings. The van der Waals surface area contributed by atoms with Crippen molar-refractivity contribution in [1.29, 1.82) is 5.26 Å². The number of nitrogens with zero attached hydrogens (tertiary/aromatic N) is 3. The fourth-order valence-corrected chi connectivity index (χ4v) is 3.88. The molecule has 0 saturated heterocycles. The highest BCUT2D eigenvalue weighted by molar-refractivity contribution is 6.03. The summed E-state index contributed by atoms with van der Waals surface area (Å²) in [6.45, 7) is 3.87. The first-order valence-electron chi connectivity index (χ1n) is 8.26. The number of hydrogen-bond donors (Lipinski definition) is 1. The van der Waals surface area contributed by atoms with E-state index >= 15 is 0 Å². The molecule has 1 aliphatic carbocycles. The molecule has 2 unspecified atom stereocenters. The second kappa shape index (κ2) is 5.41. The summed E-state index contributed by atoms with van der Waals surface area (Å²) in [7, 11) is 0. The highest BCUT2D eigenvalue weighted by Crippen LogP contribution is 2.43. The number of aryl methyl sites for hydroxylation is 1. The van der Waals surface area contributed by atoms with Gasteiger partial charge in [0, 0.05) is 40.4 Å². The van der Waals surface area contributed by atoms with Crippen molar-refractivity contribution < 1.29 is 4.79 Å². The summed E-state index contributed by atoms with van der Waals surface area (Å²) in [5, 5.41) is 18.0. The molecule has 120 valence electrons. The monoisotopic (exact) mass is 318 g/mol. The molecule has 0 amide bonds. The van der Waals surface area contributed by atoms with E-state index in [-0.39, 0.29) is 11.7 Å². The molecule has 24 heavy (non-hydrogen) atoms. The Balaban J connectivity index is 1.93. The van der Waals surface area contributed by atoms with E-state index in [4.69, 9.17) is 0 Å². The van der Waals surface area contributed by atoms with Crippen molar-refractivity contribution in [2.75, 3.05) is 0 Å². The van der Waals surface area contributed by atoms with Crippen LogP contribution < -0.4 is 0 Å². The number of carbonyl (C=O) groups is 1. The van der Waals surface area contributed by atoms with Crippen molar-refractivity contribution in [2.45, 2.75) is 39.0 Å². The molecule has 2 heterocycles. The number of nitriles is 1. The molecule has 5 nitrogen and oxygen atoms in total. The van der Waals surface area contributed by atoms with Crippen LogP contribution in [-0.4, -0.2) is 21.7 Å². The standard InChI is InChI=1S/C19H18N4O/c1-10-14(9-20)18(19-16(21-10)4-3-5-17(19)24)12-6-7-15-13(8-12)11(2)22-23-15/h6-8,14,18H,3-5H2,1-2H3,(H,22,23). The fraction of sp³-hybridized carbons (Fsp3) is 0.368. The van der Waals surface area contributed by atoms with Crippen molar-refractivity contribution >= 4 is 22.4 Å². The molecule has 1 aromatic heterocycles. The minimum absolute atomic E-state index is 0.141. The van der Waals surface area contributed by atoms with Crippen LogP contribution >= 0.6 is 0 Å². The zero-order valence-corrected chi connectivity index (χ0v) is 13.8. The molecule has 2 aliphatic rings. The van der Waals surface area contributed by atoms with Crippen LogP contribution in [0.4, 0.5) is 0 Å². The van der Waals surface area contributed by atoms with Gasteiger partial charge in [-0.2, -0.15) is 10.4 Å². The number of aliphatic imine (C=N–C) groups is 1. The van der Waals surface area contributed by atoms with Gasteiger partial charge in [-0.1, -0.05) is 6.07 Å². The quantitative estimate of drug-likeness (QED) is 0.872. The van der Waals surface area contributed by atoms with Gasteiger partial charge in [0.25, 0.3) is 0 Å². The Kier molecular flexibility index (Phi) is 3.34. The summed E-state index contributed by atoms with van der Waals surface area (Å²) in [5.41, 5.74) is 5.32. The second-order valence-corrected chi connectivity index (χ2v) is 6.60. The normalized spacial score (nSPS) is 23.9. The summed E-state index contributed by atoms with van der Waals surface area (Å²) in [6, 6.07) is 8.38. The van der Waals surface area contributed by atoms with Crippen molar-refractivity contribution in [3.8, 4) is 6.07 Å². The van der Waals surface area contributed by atoms with Gasteiger partial charge in [-0.15, -0.1) is 0 Å². The van der Waals surface area contributed by atoms with E-state index < -0.39 is 5.92 Å².